The molecule has 1 saturated heterocycles. The summed E-state index contributed by atoms with van der Waals surface area (Å²) in [5, 5.41) is 0. The fourth-order valence-corrected chi connectivity index (χ4v) is 7.95. The summed E-state index contributed by atoms with van der Waals surface area (Å²) >= 11 is 0. The Labute approximate surface area is 207 Å². The van der Waals surface area contributed by atoms with E-state index >= 15 is 0 Å². The molecule has 0 N–H and O–H groups in total. The van der Waals surface area contributed by atoms with Crippen molar-refractivity contribution in [3.63, 3.8) is 0 Å². The Morgan fingerprint density at radius 2 is 1.66 bits per heavy atom. The largest absolute Gasteiger partial charge is 0.486 e. The first-order chi connectivity index (χ1) is 16.9. The lowest BCUT2D eigenvalue weighted by Crippen LogP contribution is -2.48. The molecule has 1 spiro atoms. The predicted molar refractivity (Wildman–Crippen MR) is 131 cm³/mol. The van der Waals surface area contributed by atoms with Crippen LogP contribution < -0.4 is 9.47 Å². The first kappa shape index (κ1) is 22.9. The lowest BCUT2D eigenvalue weighted by Gasteiger charge is -2.46. The molecule has 2 fully saturated rings. The SMILES string of the molecule is CC1c2cc3c(cc2C2(CCCC2)CN1C(=O)c1cccc(S(=O)(=O)N2CCCC2)c1)OCCO3. The third-order valence-corrected chi connectivity index (χ3v) is 10.2. The van der Waals surface area contributed by atoms with Crippen molar-refractivity contribution in [1.82, 2.24) is 9.21 Å². The van der Waals surface area contributed by atoms with E-state index < -0.39 is 10.0 Å². The van der Waals surface area contributed by atoms with E-state index in [9.17, 15) is 13.2 Å². The van der Waals surface area contributed by atoms with Crippen molar-refractivity contribution in [1.29, 1.82) is 0 Å². The van der Waals surface area contributed by atoms with Crippen LogP contribution in [0.5, 0.6) is 11.5 Å². The van der Waals surface area contributed by atoms with Crippen LogP contribution >= 0.6 is 0 Å². The number of benzene rings is 2. The Bertz CT molecular complexity index is 1260. The van der Waals surface area contributed by atoms with Crippen LogP contribution in [0, 0.1) is 0 Å². The fourth-order valence-electron chi connectivity index (χ4n) is 6.39. The molecule has 3 aliphatic heterocycles. The van der Waals surface area contributed by atoms with E-state index in [1.54, 1.807) is 24.3 Å². The summed E-state index contributed by atoms with van der Waals surface area (Å²) in [4.78, 5) is 16.0. The molecule has 186 valence electrons. The number of hydrogen-bond donors (Lipinski definition) is 0. The maximum absolute atomic E-state index is 13.9. The van der Waals surface area contributed by atoms with Gasteiger partial charge in [-0.3, -0.25) is 4.79 Å². The van der Waals surface area contributed by atoms with Crippen LogP contribution in [0.4, 0.5) is 0 Å². The van der Waals surface area contributed by atoms with E-state index in [2.05, 4.69) is 19.1 Å². The molecular weight excluding hydrogens is 464 g/mol. The molecule has 1 aliphatic carbocycles. The van der Waals surface area contributed by atoms with Gasteiger partial charge < -0.3 is 14.4 Å². The number of carbonyl (C=O) groups is 1. The predicted octanol–water partition coefficient (Wildman–Crippen LogP) is 4.27. The van der Waals surface area contributed by atoms with Gasteiger partial charge in [-0.05, 0) is 74.1 Å². The van der Waals surface area contributed by atoms with Crippen molar-refractivity contribution in [2.24, 2.45) is 0 Å². The van der Waals surface area contributed by atoms with Gasteiger partial charge in [0.2, 0.25) is 10.0 Å². The first-order valence-electron chi connectivity index (χ1n) is 12.7. The number of sulfonamides is 1. The lowest BCUT2D eigenvalue weighted by molar-refractivity contribution is 0.0593. The zero-order valence-corrected chi connectivity index (χ0v) is 21.0. The Morgan fingerprint density at radius 3 is 2.37 bits per heavy atom. The molecule has 1 amide bonds. The second-order valence-corrected chi connectivity index (χ2v) is 12.3. The van der Waals surface area contributed by atoms with Gasteiger partial charge in [0.15, 0.2) is 11.5 Å². The molecular formula is C27H32N2O5S. The third-order valence-electron chi connectivity index (χ3n) is 8.28. The summed E-state index contributed by atoms with van der Waals surface area (Å²) in [5.74, 6) is 1.42. The van der Waals surface area contributed by atoms with Crippen molar-refractivity contribution in [3.8, 4) is 11.5 Å². The van der Waals surface area contributed by atoms with Gasteiger partial charge >= 0.3 is 0 Å². The highest BCUT2D eigenvalue weighted by atomic mass is 32.2. The van der Waals surface area contributed by atoms with Gasteiger partial charge in [-0.15, -0.1) is 0 Å². The summed E-state index contributed by atoms with van der Waals surface area (Å²) in [7, 11) is -3.59. The summed E-state index contributed by atoms with van der Waals surface area (Å²) in [6.45, 7) is 4.84. The fraction of sp³-hybridized carbons (Fsp3) is 0.519. The molecule has 2 aromatic carbocycles. The normalized spacial score (nSPS) is 23.5. The van der Waals surface area contributed by atoms with Crippen molar-refractivity contribution >= 4 is 15.9 Å². The van der Waals surface area contributed by atoms with Crippen LogP contribution in [-0.4, -0.2) is 56.4 Å². The van der Waals surface area contributed by atoms with Gasteiger partial charge in [0.1, 0.15) is 13.2 Å². The third kappa shape index (κ3) is 3.73. The standard InChI is InChI=1S/C27H32N2O5S/c1-19-22-16-24-25(34-14-13-33-24)17-23(22)27(9-2-3-10-27)18-29(19)26(30)20-7-6-8-21(15-20)35(31,32)28-11-4-5-12-28/h6-8,15-17,19H,2-5,9-14,18H2,1H3. The summed E-state index contributed by atoms with van der Waals surface area (Å²) in [5.41, 5.74) is 2.70. The molecule has 4 aliphatic rings. The highest BCUT2D eigenvalue weighted by Gasteiger charge is 2.46. The average molecular weight is 497 g/mol. The molecule has 0 radical (unpaired) electrons. The van der Waals surface area contributed by atoms with Crippen LogP contribution in [-0.2, 0) is 15.4 Å². The number of hydrogen-bond acceptors (Lipinski definition) is 5. The van der Waals surface area contributed by atoms with Gasteiger partial charge in [0, 0.05) is 30.6 Å². The Balaban J connectivity index is 1.37. The topological polar surface area (TPSA) is 76.2 Å². The van der Waals surface area contributed by atoms with Crippen LogP contribution in [0.2, 0.25) is 0 Å². The quantitative estimate of drug-likeness (QED) is 0.634. The van der Waals surface area contributed by atoms with Crippen molar-refractivity contribution < 1.29 is 22.7 Å². The average Bonchev–Trinajstić information content (AvgIpc) is 3.59. The number of ether oxygens (including phenoxy) is 2. The van der Waals surface area contributed by atoms with Crippen LogP contribution in [0.25, 0.3) is 0 Å². The molecule has 7 nitrogen and oxygen atoms in total. The van der Waals surface area contributed by atoms with E-state index in [4.69, 9.17) is 9.47 Å². The van der Waals surface area contributed by atoms with Gasteiger partial charge in [-0.2, -0.15) is 4.31 Å². The second-order valence-electron chi connectivity index (χ2n) is 10.3. The van der Waals surface area contributed by atoms with Crippen LogP contribution in [0.1, 0.15) is 73.0 Å². The highest BCUT2D eigenvalue weighted by Crippen LogP contribution is 2.52. The summed E-state index contributed by atoms with van der Waals surface area (Å²) in [6.07, 6.45) is 6.08. The van der Waals surface area contributed by atoms with Gasteiger partial charge in [-0.1, -0.05) is 18.9 Å². The number of nitrogens with zero attached hydrogens (tertiary/aromatic N) is 2. The molecule has 1 atom stereocenters. The van der Waals surface area contributed by atoms with E-state index in [-0.39, 0.29) is 22.3 Å². The number of rotatable bonds is 3. The minimum Gasteiger partial charge on any atom is -0.486 e. The maximum atomic E-state index is 13.9. The number of fused-ring (bicyclic) bond motifs is 3. The summed E-state index contributed by atoms with van der Waals surface area (Å²) < 4.78 is 39.5. The molecule has 0 aromatic heterocycles. The molecule has 35 heavy (non-hydrogen) atoms. The van der Waals surface area contributed by atoms with Crippen LogP contribution in [0.15, 0.2) is 41.3 Å². The van der Waals surface area contributed by atoms with E-state index in [1.807, 2.05) is 4.90 Å². The molecule has 1 saturated carbocycles. The number of amides is 1. The highest BCUT2D eigenvalue weighted by molar-refractivity contribution is 7.89. The molecule has 2 aromatic rings. The van der Waals surface area contributed by atoms with E-state index in [0.29, 0.717) is 38.4 Å². The van der Waals surface area contributed by atoms with Crippen molar-refractivity contribution in [3.05, 3.63) is 53.1 Å². The lowest BCUT2D eigenvalue weighted by atomic mass is 9.71. The van der Waals surface area contributed by atoms with Gasteiger partial charge in [0.25, 0.3) is 5.91 Å². The zero-order valence-electron chi connectivity index (χ0n) is 20.2. The molecule has 6 rings (SSSR count). The van der Waals surface area contributed by atoms with Crippen LogP contribution in [0.3, 0.4) is 0 Å². The van der Waals surface area contributed by atoms with Gasteiger partial charge in [-0.25, -0.2) is 8.42 Å². The molecule has 1 unspecified atom stereocenters. The minimum absolute atomic E-state index is 0.105. The number of carbonyl (C=O) groups excluding carboxylic acids is 1. The zero-order chi connectivity index (χ0) is 24.2. The summed E-state index contributed by atoms with van der Waals surface area (Å²) in [6, 6.07) is 10.6. The van der Waals surface area contributed by atoms with E-state index in [1.165, 1.54) is 9.87 Å². The smallest absolute Gasteiger partial charge is 0.254 e. The monoisotopic (exact) mass is 496 g/mol. The molecule has 8 heteroatoms. The molecule has 0 bridgehead atoms. The van der Waals surface area contributed by atoms with Crippen molar-refractivity contribution in [2.45, 2.75) is 61.8 Å². The van der Waals surface area contributed by atoms with Crippen molar-refractivity contribution in [2.75, 3.05) is 32.8 Å². The molecule has 3 heterocycles. The Kier molecular flexibility index (Phi) is 5.56. The van der Waals surface area contributed by atoms with E-state index in [0.717, 1.165) is 55.6 Å². The second kappa shape index (κ2) is 8.52. The Morgan fingerprint density at radius 1 is 0.971 bits per heavy atom. The minimum atomic E-state index is -3.59. The maximum Gasteiger partial charge on any atom is 0.254 e. The first-order valence-corrected chi connectivity index (χ1v) is 14.2. The van der Waals surface area contributed by atoms with Gasteiger partial charge in [0.05, 0.1) is 10.9 Å². The Hall–Kier alpha value is -2.58.